The van der Waals surface area contributed by atoms with Crippen molar-refractivity contribution in [3.63, 3.8) is 0 Å². The molecular weight excluding hydrogens is 390 g/mol. The zero-order chi connectivity index (χ0) is 21.8. The molecule has 2 aliphatic heterocycles. The van der Waals surface area contributed by atoms with Gasteiger partial charge in [0.2, 0.25) is 12.3 Å². The molecule has 4 rings (SSSR count). The number of amides is 2. The number of benzene rings is 2. The van der Waals surface area contributed by atoms with Gasteiger partial charge in [-0.3, -0.25) is 14.5 Å². The molecule has 0 bridgehead atoms. The maximum Gasteiger partial charge on any atom is 0.224 e. The van der Waals surface area contributed by atoms with Crippen molar-refractivity contribution < 1.29 is 14.3 Å². The minimum Gasteiger partial charge on any atom is -0.492 e. The van der Waals surface area contributed by atoms with E-state index in [1.165, 1.54) is 25.9 Å². The fourth-order valence-electron chi connectivity index (χ4n) is 4.81. The lowest BCUT2D eigenvalue weighted by Gasteiger charge is -2.39. The largest absolute Gasteiger partial charge is 0.492 e. The summed E-state index contributed by atoms with van der Waals surface area (Å²) in [6.07, 6.45) is 4.02. The third-order valence-corrected chi connectivity index (χ3v) is 6.35. The lowest BCUT2D eigenvalue weighted by atomic mass is 9.89. The third kappa shape index (κ3) is 4.74. The van der Waals surface area contributed by atoms with Crippen molar-refractivity contribution in [1.29, 1.82) is 0 Å². The number of carbonyl (C=O) groups excluding carboxylic acids is 2. The molecule has 164 valence electrons. The van der Waals surface area contributed by atoms with Crippen LogP contribution < -0.4 is 15.0 Å². The minimum absolute atomic E-state index is 0.0153. The van der Waals surface area contributed by atoms with Crippen molar-refractivity contribution in [2.45, 2.75) is 45.2 Å². The molecule has 6 heteroatoms. The Balaban J connectivity index is 1.51. The fourth-order valence-corrected chi connectivity index (χ4v) is 4.81. The maximum atomic E-state index is 12.2. The number of nitrogens with zero attached hydrogens (tertiary/aromatic N) is 2. The van der Waals surface area contributed by atoms with Gasteiger partial charge in [0.1, 0.15) is 12.4 Å². The van der Waals surface area contributed by atoms with E-state index in [4.69, 9.17) is 4.74 Å². The summed E-state index contributed by atoms with van der Waals surface area (Å²) in [5.74, 6) is 0.888. The van der Waals surface area contributed by atoms with E-state index in [2.05, 4.69) is 28.4 Å². The van der Waals surface area contributed by atoms with Gasteiger partial charge in [0.05, 0.1) is 6.04 Å². The van der Waals surface area contributed by atoms with Gasteiger partial charge in [-0.2, -0.15) is 0 Å². The molecule has 0 aliphatic carbocycles. The second kappa shape index (κ2) is 9.52. The number of rotatable bonds is 7. The van der Waals surface area contributed by atoms with Crippen LogP contribution in [-0.4, -0.2) is 49.5 Å². The second-order valence-electron chi connectivity index (χ2n) is 8.51. The van der Waals surface area contributed by atoms with E-state index in [9.17, 15) is 9.59 Å². The van der Waals surface area contributed by atoms with Crippen LogP contribution in [0, 0.1) is 0 Å². The normalized spacial score (nSPS) is 20.9. The summed E-state index contributed by atoms with van der Waals surface area (Å²) in [6.45, 7) is 7.64. The van der Waals surface area contributed by atoms with Crippen LogP contribution in [0.2, 0.25) is 0 Å². The number of hydrogen-bond acceptors (Lipinski definition) is 4. The van der Waals surface area contributed by atoms with Gasteiger partial charge in [0, 0.05) is 25.2 Å². The van der Waals surface area contributed by atoms with Gasteiger partial charge in [-0.05, 0) is 80.2 Å². The smallest absolute Gasteiger partial charge is 0.224 e. The molecular formula is C25H31N3O3. The summed E-state index contributed by atoms with van der Waals surface area (Å²) in [5.41, 5.74) is 3.98. The summed E-state index contributed by atoms with van der Waals surface area (Å²) >= 11 is 0. The fraction of sp³-hybridized carbons (Fsp3) is 0.440. The van der Waals surface area contributed by atoms with Crippen LogP contribution in [0.3, 0.4) is 0 Å². The summed E-state index contributed by atoms with van der Waals surface area (Å²) in [4.78, 5) is 27.6. The topological polar surface area (TPSA) is 61.9 Å². The Hall–Kier alpha value is -2.86. The van der Waals surface area contributed by atoms with Gasteiger partial charge >= 0.3 is 0 Å². The Kier molecular flexibility index (Phi) is 6.56. The van der Waals surface area contributed by atoms with Crippen molar-refractivity contribution >= 4 is 18.0 Å². The summed E-state index contributed by atoms with van der Waals surface area (Å²) < 4.78 is 5.92. The van der Waals surface area contributed by atoms with Crippen molar-refractivity contribution in [1.82, 2.24) is 10.2 Å². The first kappa shape index (κ1) is 21.4. The van der Waals surface area contributed by atoms with Crippen LogP contribution in [0.5, 0.6) is 5.75 Å². The molecule has 1 fully saturated rings. The van der Waals surface area contributed by atoms with E-state index >= 15 is 0 Å². The molecule has 31 heavy (non-hydrogen) atoms. The Morgan fingerprint density at radius 1 is 1.13 bits per heavy atom. The van der Waals surface area contributed by atoms with Crippen LogP contribution in [0.15, 0.2) is 42.5 Å². The van der Waals surface area contributed by atoms with E-state index in [0.29, 0.717) is 13.0 Å². The first-order valence-electron chi connectivity index (χ1n) is 11.2. The van der Waals surface area contributed by atoms with E-state index in [1.54, 1.807) is 6.92 Å². The number of carbonyl (C=O) groups is 2. The molecule has 2 amide bonds. The van der Waals surface area contributed by atoms with Gasteiger partial charge in [0.15, 0.2) is 0 Å². The van der Waals surface area contributed by atoms with Gasteiger partial charge in [0.25, 0.3) is 0 Å². The molecule has 2 aliphatic rings. The Morgan fingerprint density at radius 2 is 1.84 bits per heavy atom. The van der Waals surface area contributed by atoms with Gasteiger partial charge in [-0.1, -0.05) is 18.2 Å². The molecule has 2 atom stereocenters. The highest BCUT2D eigenvalue weighted by Gasteiger charge is 2.32. The molecule has 6 nitrogen and oxygen atoms in total. The number of fused-ring (bicyclic) bond motifs is 1. The molecule has 2 unspecified atom stereocenters. The highest BCUT2D eigenvalue weighted by atomic mass is 16.5. The highest BCUT2D eigenvalue weighted by molar-refractivity contribution is 5.94. The summed E-state index contributed by atoms with van der Waals surface area (Å²) in [6, 6.07) is 14.2. The zero-order valence-electron chi connectivity index (χ0n) is 18.3. The van der Waals surface area contributed by atoms with E-state index in [0.717, 1.165) is 41.1 Å². The SMILES string of the molecule is CC(=O)N1c2ccc(-c3ccc(OCCN4CCCC4)cc3)cc2C(NC=O)CC1C. The van der Waals surface area contributed by atoms with E-state index in [-0.39, 0.29) is 18.0 Å². The average Bonchev–Trinajstić information content (AvgIpc) is 3.27. The Bertz CT molecular complexity index is 922. The second-order valence-corrected chi connectivity index (χ2v) is 8.51. The van der Waals surface area contributed by atoms with Gasteiger partial charge in [-0.15, -0.1) is 0 Å². The highest BCUT2D eigenvalue weighted by Crippen LogP contribution is 2.39. The number of hydrogen-bond donors (Lipinski definition) is 1. The van der Waals surface area contributed by atoms with Crippen molar-refractivity contribution in [2.75, 3.05) is 31.1 Å². The minimum atomic E-state index is -0.105. The van der Waals surface area contributed by atoms with E-state index in [1.807, 2.05) is 36.1 Å². The third-order valence-electron chi connectivity index (χ3n) is 6.35. The molecule has 1 saturated heterocycles. The molecule has 0 spiro atoms. The molecule has 0 aromatic heterocycles. The van der Waals surface area contributed by atoms with Crippen molar-refractivity contribution in [3.8, 4) is 16.9 Å². The Morgan fingerprint density at radius 3 is 2.52 bits per heavy atom. The quantitative estimate of drug-likeness (QED) is 0.692. The average molecular weight is 422 g/mol. The lowest BCUT2D eigenvalue weighted by molar-refractivity contribution is -0.117. The van der Waals surface area contributed by atoms with Crippen LogP contribution in [-0.2, 0) is 9.59 Å². The lowest BCUT2D eigenvalue weighted by Crippen LogP contribution is -2.44. The predicted octanol–water partition coefficient (Wildman–Crippen LogP) is 3.76. The van der Waals surface area contributed by atoms with Crippen molar-refractivity contribution in [3.05, 3.63) is 48.0 Å². The Labute approximate surface area is 184 Å². The molecule has 2 aromatic rings. The number of ether oxygens (including phenoxy) is 1. The molecule has 1 N–H and O–H groups in total. The molecule has 0 radical (unpaired) electrons. The van der Waals surface area contributed by atoms with Crippen LogP contribution in [0.25, 0.3) is 11.1 Å². The van der Waals surface area contributed by atoms with Gasteiger partial charge in [-0.25, -0.2) is 0 Å². The first-order valence-corrected chi connectivity index (χ1v) is 11.2. The molecule has 2 aromatic carbocycles. The van der Waals surface area contributed by atoms with Crippen LogP contribution >= 0.6 is 0 Å². The summed E-state index contributed by atoms with van der Waals surface area (Å²) in [5, 5.41) is 2.92. The summed E-state index contributed by atoms with van der Waals surface area (Å²) in [7, 11) is 0. The molecule has 0 saturated carbocycles. The predicted molar refractivity (Wildman–Crippen MR) is 122 cm³/mol. The van der Waals surface area contributed by atoms with Gasteiger partial charge < -0.3 is 15.0 Å². The molecule has 2 heterocycles. The number of likely N-dealkylation sites (tertiary alicyclic amines) is 1. The standard InChI is InChI=1S/C25H31N3O3/c1-18-15-24(26-17-29)23-16-21(7-10-25(23)28(18)19(2)30)20-5-8-22(9-6-20)31-14-13-27-11-3-4-12-27/h5-10,16-18,24H,3-4,11-15H2,1-2H3,(H,26,29). The zero-order valence-corrected chi connectivity index (χ0v) is 18.3. The van der Waals surface area contributed by atoms with Crippen molar-refractivity contribution in [2.24, 2.45) is 0 Å². The first-order chi connectivity index (χ1) is 15.1. The van der Waals surface area contributed by atoms with Crippen LogP contribution in [0.1, 0.15) is 44.7 Å². The number of anilines is 1. The maximum absolute atomic E-state index is 12.2. The van der Waals surface area contributed by atoms with Crippen LogP contribution in [0.4, 0.5) is 5.69 Å². The number of nitrogens with one attached hydrogen (secondary N) is 1. The monoisotopic (exact) mass is 421 g/mol. The van der Waals surface area contributed by atoms with E-state index < -0.39 is 0 Å².